The van der Waals surface area contributed by atoms with Crippen LogP contribution in [0.25, 0.3) is 11.0 Å². The van der Waals surface area contributed by atoms with E-state index in [1.165, 1.54) is 17.4 Å². The SMILES string of the molecule is Cn1c(=O)c(N=O)c(NC2CCC(/C(=N/OCC3CC3)c3ccccc3)CC2)c2nc(C#N)ccc21. The predicted molar refractivity (Wildman–Crippen MR) is 138 cm³/mol. The minimum atomic E-state index is -0.494. The lowest BCUT2D eigenvalue weighted by atomic mass is 9.81. The summed E-state index contributed by atoms with van der Waals surface area (Å²) < 4.78 is 1.34. The number of nitrogens with zero attached hydrogens (tertiary/aromatic N) is 5. The Morgan fingerprint density at radius 2 is 1.89 bits per heavy atom. The third-order valence-corrected chi connectivity index (χ3v) is 7.12. The van der Waals surface area contributed by atoms with Crippen molar-refractivity contribution in [3.63, 3.8) is 0 Å². The van der Waals surface area contributed by atoms with Crippen molar-refractivity contribution in [3.05, 3.63) is 69.0 Å². The highest BCUT2D eigenvalue weighted by Gasteiger charge is 2.29. The van der Waals surface area contributed by atoms with Crippen LogP contribution in [0.5, 0.6) is 0 Å². The van der Waals surface area contributed by atoms with Crippen LogP contribution in [0.15, 0.2) is 57.6 Å². The summed E-state index contributed by atoms with van der Waals surface area (Å²) in [5.41, 5.74) is 2.78. The van der Waals surface area contributed by atoms with Crippen molar-refractivity contribution in [2.75, 3.05) is 11.9 Å². The van der Waals surface area contributed by atoms with Gasteiger partial charge in [-0.1, -0.05) is 35.5 Å². The Labute approximate surface area is 208 Å². The molecule has 0 radical (unpaired) electrons. The first-order valence-electron chi connectivity index (χ1n) is 12.4. The molecule has 0 atom stereocenters. The number of nitroso groups, excluding NO2 is 1. The van der Waals surface area contributed by atoms with Crippen molar-refractivity contribution in [2.24, 2.45) is 29.2 Å². The van der Waals surface area contributed by atoms with Crippen LogP contribution in [0.3, 0.4) is 0 Å². The Bertz CT molecular complexity index is 1400. The van der Waals surface area contributed by atoms with Gasteiger partial charge in [-0.05, 0) is 67.3 Å². The minimum Gasteiger partial charge on any atom is -0.395 e. The number of aromatic nitrogens is 2. The van der Waals surface area contributed by atoms with Gasteiger partial charge in [0.25, 0.3) is 5.56 Å². The first kappa shape index (κ1) is 23.7. The molecule has 2 saturated carbocycles. The molecule has 3 aromatic rings. The molecule has 0 amide bonds. The Kier molecular flexibility index (Phi) is 6.76. The van der Waals surface area contributed by atoms with E-state index in [1.54, 1.807) is 19.2 Å². The van der Waals surface area contributed by atoms with Gasteiger partial charge in [0.15, 0.2) is 5.69 Å². The Morgan fingerprint density at radius 3 is 2.56 bits per heavy atom. The molecule has 0 saturated heterocycles. The zero-order chi connectivity index (χ0) is 25.1. The molecule has 2 aliphatic carbocycles. The lowest BCUT2D eigenvalue weighted by Crippen LogP contribution is -2.31. The molecule has 2 aromatic heterocycles. The maximum Gasteiger partial charge on any atom is 0.282 e. The second-order valence-electron chi connectivity index (χ2n) is 9.63. The van der Waals surface area contributed by atoms with Crippen LogP contribution in [0.4, 0.5) is 11.4 Å². The van der Waals surface area contributed by atoms with Gasteiger partial charge in [-0.15, -0.1) is 4.91 Å². The number of anilines is 1. The van der Waals surface area contributed by atoms with Crippen molar-refractivity contribution < 1.29 is 4.84 Å². The number of benzene rings is 1. The van der Waals surface area contributed by atoms with Crippen molar-refractivity contribution in [1.29, 1.82) is 5.26 Å². The lowest BCUT2D eigenvalue weighted by molar-refractivity contribution is 0.132. The molecule has 0 bridgehead atoms. The second kappa shape index (κ2) is 10.3. The van der Waals surface area contributed by atoms with Crippen molar-refractivity contribution in [2.45, 2.75) is 44.6 Å². The molecule has 2 heterocycles. The number of rotatable bonds is 8. The summed E-state index contributed by atoms with van der Waals surface area (Å²) in [7, 11) is 1.57. The third-order valence-electron chi connectivity index (χ3n) is 7.12. The summed E-state index contributed by atoms with van der Waals surface area (Å²) >= 11 is 0. The summed E-state index contributed by atoms with van der Waals surface area (Å²) in [6, 6.07) is 15.4. The van der Waals surface area contributed by atoms with E-state index in [1.807, 2.05) is 24.3 Å². The smallest absolute Gasteiger partial charge is 0.282 e. The average Bonchev–Trinajstić information content (AvgIpc) is 3.75. The number of aryl methyl sites for hydroxylation is 1. The number of oxime groups is 1. The highest BCUT2D eigenvalue weighted by Crippen LogP contribution is 2.35. The van der Waals surface area contributed by atoms with Crippen molar-refractivity contribution in [3.8, 4) is 6.07 Å². The number of fused-ring (bicyclic) bond motifs is 1. The number of hydrogen-bond acceptors (Lipinski definition) is 8. The van der Waals surface area contributed by atoms with Gasteiger partial charge in [-0.25, -0.2) is 4.98 Å². The van der Waals surface area contributed by atoms with Crippen LogP contribution in [-0.4, -0.2) is 27.9 Å². The van der Waals surface area contributed by atoms with Gasteiger partial charge in [0.05, 0.1) is 16.9 Å². The topological polar surface area (TPSA) is 122 Å². The van der Waals surface area contributed by atoms with Gasteiger partial charge in [0.2, 0.25) is 0 Å². The van der Waals surface area contributed by atoms with Gasteiger partial charge in [-0.3, -0.25) is 4.79 Å². The predicted octanol–water partition coefficient (Wildman–Crippen LogP) is 5.00. The second-order valence-corrected chi connectivity index (χ2v) is 9.63. The fraction of sp³-hybridized carbons (Fsp3) is 0.407. The van der Waals surface area contributed by atoms with E-state index >= 15 is 0 Å². The van der Waals surface area contributed by atoms with Crippen LogP contribution in [0.1, 0.15) is 49.8 Å². The van der Waals surface area contributed by atoms with E-state index in [0.29, 0.717) is 29.2 Å². The fourth-order valence-electron chi connectivity index (χ4n) is 4.86. The van der Waals surface area contributed by atoms with Crippen molar-refractivity contribution in [1.82, 2.24) is 9.55 Å². The van der Waals surface area contributed by atoms with E-state index in [4.69, 9.17) is 4.84 Å². The largest absolute Gasteiger partial charge is 0.395 e. The quantitative estimate of drug-likeness (QED) is 0.273. The van der Waals surface area contributed by atoms with E-state index in [2.05, 4.69) is 32.8 Å². The summed E-state index contributed by atoms with van der Waals surface area (Å²) in [5, 5.41) is 20.3. The monoisotopic (exact) mass is 484 g/mol. The van der Waals surface area contributed by atoms with Gasteiger partial charge in [-0.2, -0.15) is 5.26 Å². The molecular formula is C27H28N6O3. The van der Waals surface area contributed by atoms with E-state index in [-0.39, 0.29) is 23.3 Å². The van der Waals surface area contributed by atoms with Gasteiger partial charge in [0.1, 0.15) is 23.9 Å². The molecule has 1 aromatic carbocycles. The van der Waals surface area contributed by atoms with Crippen LogP contribution in [0, 0.1) is 28.1 Å². The van der Waals surface area contributed by atoms with Gasteiger partial charge >= 0.3 is 0 Å². The number of hydrogen-bond donors (Lipinski definition) is 1. The minimum absolute atomic E-state index is 0.0222. The normalized spacial score (nSPS) is 20.1. The van der Waals surface area contributed by atoms with E-state index < -0.39 is 5.56 Å². The van der Waals surface area contributed by atoms with Crippen molar-refractivity contribution >= 4 is 28.1 Å². The van der Waals surface area contributed by atoms with E-state index in [9.17, 15) is 15.0 Å². The molecule has 2 fully saturated rings. The maximum atomic E-state index is 12.8. The summed E-state index contributed by atoms with van der Waals surface area (Å²) in [5.74, 6) is 0.881. The first-order valence-corrected chi connectivity index (χ1v) is 12.4. The molecular weight excluding hydrogens is 456 g/mol. The summed E-state index contributed by atoms with van der Waals surface area (Å²) in [6.45, 7) is 0.669. The maximum absolute atomic E-state index is 12.8. The third kappa shape index (κ3) is 4.85. The Balaban J connectivity index is 1.37. The molecule has 2 aliphatic rings. The molecule has 5 rings (SSSR count). The number of pyridine rings is 2. The lowest BCUT2D eigenvalue weighted by Gasteiger charge is -2.30. The van der Waals surface area contributed by atoms with E-state index in [0.717, 1.165) is 37.0 Å². The summed E-state index contributed by atoms with van der Waals surface area (Å²) in [6.07, 6.45) is 5.81. The summed E-state index contributed by atoms with van der Waals surface area (Å²) in [4.78, 5) is 34.6. The molecule has 0 unspecified atom stereocenters. The van der Waals surface area contributed by atoms with Crippen LogP contribution >= 0.6 is 0 Å². The fourth-order valence-corrected chi connectivity index (χ4v) is 4.86. The zero-order valence-corrected chi connectivity index (χ0v) is 20.2. The zero-order valence-electron chi connectivity index (χ0n) is 20.2. The Hall–Kier alpha value is -4.06. The molecule has 9 heteroatoms. The molecule has 36 heavy (non-hydrogen) atoms. The highest BCUT2D eigenvalue weighted by atomic mass is 16.6. The van der Waals surface area contributed by atoms with Crippen LogP contribution in [-0.2, 0) is 11.9 Å². The van der Waals surface area contributed by atoms with Gasteiger partial charge < -0.3 is 14.7 Å². The number of nitrogens with one attached hydrogen (secondary N) is 1. The van der Waals surface area contributed by atoms with Gasteiger partial charge in [0, 0.05) is 19.0 Å². The first-order chi connectivity index (χ1) is 17.6. The molecule has 0 spiro atoms. The molecule has 0 aliphatic heterocycles. The molecule has 184 valence electrons. The molecule has 9 nitrogen and oxygen atoms in total. The standard InChI is InChI=1S/C27H28N6O3/c1-33-22-14-13-21(15-28)30-24(22)25(26(31-35)27(33)34)29-20-11-9-19(10-12-20)23(18-5-3-2-4-6-18)32-36-16-17-7-8-17/h2-6,13-14,17,19-20,29H,7-12,16H2,1H3/b32-23+. The highest BCUT2D eigenvalue weighted by molar-refractivity contribution is 6.02. The Morgan fingerprint density at radius 1 is 1.14 bits per heavy atom. The number of nitriles is 1. The van der Waals surface area contributed by atoms with Crippen LogP contribution < -0.4 is 10.9 Å². The average molecular weight is 485 g/mol. The molecule has 1 N–H and O–H groups in total. The van der Waals surface area contributed by atoms with Crippen LogP contribution in [0.2, 0.25) is 0 Å².